The maximum absolute atomic E-state index is 12.7. The van der Waals surface area contributed by atoms with Crippen molar-refractivity contribution in [2.45, 2.75) is 43.1 Å². The van der Waals surface area contributed by atoms with Crippen LogP contribution in [-0.2, 0) is 10.0 Å². The third-order valence-electron chi connectivity index (χ3n) is 5.28. The number of hydrogen-bond acceptors (Lipinski definition) is 3. The second kappa shape index (κ2) is 5.38. The molecule has 0 aromatic heterocycles. The van der Waals surface area contributed by atoms with Gasteiger partial charge >= 0.3 is 0 Å². The van der Waals surface area contributed by atoms with Gasteiger partial charge in [0.25, 0.3) is 0 Å². The largest absolute Gasteiger partial charge is 0.390 e. The molecule has 1 saturated heterocycles. The molecule has 0 amide bonds. The Bertz CT molecular complexity index is 601. The summed E-state index contributed by atoms with van der Waals surface area (Å²) in [7, 11) is -3.43. The van der Waals surface area contributed by atoms with Crippen molar-refractivity contribution in [1.29, 1.82) is 0 Å². The van der Waals surface area contributed by atoms with Crippen LogP contribution >= 0.6 is 0 Å². The van der Waals surface area contributed by atoms with Gasteiger partial charge in [-0.25, -0.2) is 8.42 Å². The SMILES string of the molecule is CC[C@@]1(O)CCC[C@@H]2CN(S(=O)(=O)c3ccccc3)C[C@@H]21. The fourth-order valence-corrected chi connectivity index (χ4v) is 5.51. The number of fused-ring (bicyclic) bond motifs is 1. The fraction of sp³-hybridized carbons (Fsp3) is 0.625. The van der Waals surface area contributed by atoms with Gasteiger partial charge in [0.1, 0.15) is 0 Å². The van der Waals surface area contributed by atoms with E-state index in [9.17, 15) is 13.5 Å². The predicted octanol–water partition coefficient (Wildman–Crippen LogP) is 2.25. The Morgan fingerprint density at radius 2 is 2.00 bits per heavy atom. The molecule has 1 aliphatic heterocycles. The predicted molar refractivity (Wildman–Crippen MR) is 81.3 cm³/mol. The normalized spacial score (nSPS) is 33.8. The van der Waals surface area contributed by atoms with Crippen molar-refractivity contribution in [2.24, 2.45) is 11.8 Å². The molecule has 116 valence electrons. The summed E-state index contributed by atoms with van der Waals surface area (Å²) < 4.78 is 27.0. The van der Waals surface area contributed by atoms with Crippen LogP contribution in [0.2, 0.25) is 0 Å². The minimum Gasteiger partial charge on any atom is -0.390 e. The molecule has 1 saturated carbocycles. The summed E-state index contributed by atoms with van der Waals surface area (Å²) in [6.45, 7) is 2.99. The van der Waals surface area contributed by atoms with E-state index in [2.05, 4.69) is 0 Å². The number of hydrogen-bond donors (Lipinski definition) is 1. The van der Waals surface area contributed by atoms with E-state index in [1.807, 2.05) is 13.0 Å². The molecule has 4 nitrogen and oxygen atoms in total. The standard InChI is InChI=1S/C16H23NO3S/c1-2-16(18)10-6-7-13-11-17(12-15(13)16)21(19,20)14-8-4-3-5-9-14/h3-5,8-9,13,15,18H,2,6-7,10-12H2,1H3/t13-,15+,16-/m1/s1. The Morgan fingerprint density at radius 3 is 2.67 bits per heavy atom. The Hall–Kier alpha value is -0.910. The lowest BCUT2D eigenvalue weighted by Crippen LogP contribution is -2.44. The smallest absolute Gasteiger partial charge is 0.243 e. The Balaban J connectivity index is 1.87. The zero-order valence-corrected chi connectivity index (χ0v) is 13.2. The van der Waals surface area contributed by atoms with Crippen LogP contribution in [0.4, 0.5) is 0 Å². The number of sulfonamides is 1. The molecule has 1 aliphatic carbocycles. The first-order valence-corrected chi connectivity index (χ1v) is 9.19. The average molecular weight is 309 g/mol. The molecule has 1 N–H and O–H groups in total. The molecule has 5 heteroatoms. The number of rotatable bonds is 3. The second-order valence-electron chi connectivity index (χ2n) is 6.35. The van der Waals surface area contributed by atoms with Crippen LogP contribution in [-0.4, -0.2) is 36.5 Å². The van der Waals surface area contributed by atoms with Crippen molar-refractivity contribution >= 4 is 10.0 Å². The summed E-state index contributed by atoms with van der Waals surface area (Å²) in [6.07, 6.45) is 3.51. The highest BCUT2D eigenvalue weighted by Crippen LogP contribution is 2.45. The Labute approximate surface area is 126 Å². The van der Waals surface area contributed by atoms with Crippen LogP contribution in [0.15, 0.2) is 35.2 Å². The molecule has 3 atom stereocenters. The van der Waals surface area contributed by atoms with Crippen LogP contribution in [0, 0.1) is 11.8 Å². The third-order valence-corrected chi connectivity index (χ3v) is 7.12. The van der Waals surface area contributed by atoms with Crippen molar-refractivity contribution in [1.82, 2.24) is 4.31 Å². The van der Waals surface area contributed by atoms with Crippen LogP contribution in [0.25, 0.3) is 0 Å². The highest BCUT2D eigenvalue weighted by molar-refractivity contribution is 7.89. The quantitative estimate of drug-likeness (QED) is 0.931. The lowest BCUT2D eigenvalue weighted by Gasteiger charge is -2.40. The third kappa shape index (κ3) is 2.51. The van der Waals surface area contributed by atoms with E-state index < -0.39 is 15.6 Å². The first-order chi connectivity index (χ1) is 9.97. The molecule has 21 heavy (non-hydrogen) atoms. The monoisotopic (exact) mass is 309 g/mol. The van der Waals surface area contributed by atoms with Crippen LogP contribution in [0.3, 0.4) is 0 Å². The van der Waals surface area contributed by atoms with Gasteiger partial charge in [0.05, 0.1) is 10.5 Å². The fourth-order valence-electron chi connectivity index (χ4n) is 3.97. The zero-order chi connectivity index (χ0) is 15.1. The van der Waals surface area contributed by atoms with Gasteiger partial charge in [-0.3, -0.25) is 0 Å². The maximum Gasteiger partial charge on any atom is 0.243 e. The molecular formula is C16H23NO3S. The summed E-state index contributed by atoms with van der Waals surface area (Å²) in [4.78, 5) is 0.351. The zero-order valence-electron chi connectivity index (χ0n) is 12.4. The summed E-state index contributed by atoms with van der Waals surface area (Å²) in [5.41, 5.74) is -0.691. The highest BCUT2D eigenvalue weighted by atomic mass is 32.2. The van der Waals surface area contributed by atoms with Crippen LogP contribution < -0.4 is 0 Å². The summed E-state index contributed by atoms with van der Waals surface area (Å²) in [6, 6.07) is 8.60. The van der Waals surface area contributed by atoms with Gasteiger partial charge in [0.2, 0.25) is 10.0 Å². The van der Waals surface area contributed by atoms with Crippen LogP contribution in [0.5, 0.6) is 0 Å². The van der Waals surface area contributed by atoms with Crippen molar-refractivity contribution in [2.75, 3.05) is 13.1 Å². The first-order valence-electron chi connectivity index (χ1n) is 7.75. The first kappa shape index (κ1) is 15.0. The van der Waals surface area contributed by atoms with Crippen molar-refractivity contribution < 1.29 is 13.5 Å². The van der Waals surface area contributed by atoms with Crippen molar-refractivity contribution in [3.63, 3.8) is 0 Å². The molecule has 1 aromatic rings. The van der Waals surface area contributed by atoms with Gasteiger partial charge < -0.3 is 5.11 Å². The van der Waals surface area contributed by atoms with E-state index >= 15 is 0 Å². The maximum atomic E-state index is 12.7. The van der Waals surface area contributed by atoms with Gasteiger partial charge in [-0.2, -0.15) is 4.31 Å². The van der Waals surface area contributed by atoms with E-state index in [-0.39, 0.29) is 5.92 Å². The Morgan fingerprint density at radius 1 is 1.29 bits per heavy atom. The van der Waals surface area contributed by atoms with E-state index in [1.54, 1.807) is 28.6 Å². The van der Waals surface area contributed by atoms with E-state index in [0.29, 0.717) is 30.3 Å². The minimum absolute atomic E-state index is 0.0785. The molecule has 0 spiro atoms. The lowest BCUT2D eigenvalue weighted by atomic mass is 9.69. The molecule has 1 aromatic carbocycles. The van der Waals surface area contributed by atoms with E-state index in [1.165, 1.54) is 0 Å². The molecule has 0 radical (unpaired) electrons. The van der Waals surface area contributed by atoms with E-state index in [0.717, 1.165) is 19.3 Å². The molecule has 2 fully saturated rings. The summed E-state index contributed by atoms with van der Waals surface area (Å²) in [5, 5.41) is 10.8. The van der Waals surface area contributed by atoms with Gasteiger partial charge in [0.15, 0.2) is 0 Å². The van der Waals surface area contributed by atoms with Crippen molar-refractivity contribution in [3.05, 3.63) is 30.3 Å². The van der Waals surface area contributed by atoms with E-state index in [4.69, 9.17) is 0 Å². The molecule has 3 rings (SSSR count). The lowest BCUT2D eigenvalue weighted by molar-refractivity contribution is -0.0605. The van der Waals surface area contributed by atoms with Crippen molar-refractivity contribution in [3.8, 4) is 0 Å². The minimum atomic E-state index is -3.43. The molecule has 1 heterocycles. The molecular weight excluding hydrogens is 286 g/mol. The topological polar surface area (TPSA) is 57.6 Å². The van der Waals surface area contributed by atoms with Gasteiger partial charge in [-0.15, -0.1) is 0 Å². The Kier molecular flexibility index (Phi) is 3.84. The number of benzene rings is 1. The summed E-state index contributed by atoms with van der Waals surface area (Å²) in [5.74, 6) is 0.372. The van der Waals surface area contributed by atoms with Gasteiger partial charge in [0, 0.05) is 19.0 Å². The second-order valence-corrected chi connectivity index (χ2v) is 8.29. The van der Waals surface area contributed by atoms with Gasteiger partial charge in [-0.05, 0) is 37.3 Å². The number of nitrogens with zero attached hydrogens (tertiary/aromatic N) is 1. The highest BCUT2D eigenvalue weighted by Gasteiger charge is 2.50. The van der Waals surface area contributed by atoms with Crippen LogP contribution in [0.1, 0.15) is 32.6 Å². The molecule has 2 aliphatic rings. The van der Waals surface area contributed by atoms with Gasteiger partial charge in [-0.1, -0.05) is 31.5 Å². The molecule has 0 unspecified atom stereocenters. The average Bonchev–Trinajstić information content (AvgIpc) is 2.95. The molecule has 0 bridgehead atoms. The summed E-state index contributed by atoms with van der Waals surface area (Å²) >= 11 is 0. The number of aliphatic hydroxyl groups is 1.